The molecule has 0 aromatic heterocycles. The summed E-state index contributed by atoms with van der Waals surface area (Å²) in [6.45, 7) is 1.37. The molecule has 0 saturated heterocycles. The first-order valence-electron chi connectivity index (χ1n) is 5.29. The third-order valence-corrected chi connectivity index (χ3v) is 3.98. The molecule has 0 bridgehead atoms. The quantitative estimate of drug-likeness (QED) is 0.779. The summed E-state index contributed by atoms with van der Waals surface area (Å²) in [5.74, 6) is 0.809. The highest BCUT2D eigenvalue weighted by molar-refractivity contribution is 7.89. The SMILES string of the molecule is COc1cc(C)c(S(=O)(=O)NCCO)cc1OC. The van der Waals surface area contributed by atoms with Crippen molar-refractivity contribution in [1.29, 1.82) is 0 Å². The van der Waals surface area contributed by atoms with Crippen LogP contribution in [-0.4, -0.2) is 40.9 Å². The zero-order valence-electron chi connectivity index (χ0n) is 10.6. The van der Waals surface area contributed by atoms with Crippen LogP contribution in [0.4, 0.5) is 0 Å². The lowest BCUT2D eigenvalue weighted by Crippen LogP contribution is -2.27. The Balaban J connectivity index is 3.25. The molecule has 102 valence electrons. The van der Waals surface area contributed by atoms with E-state index >= 15 is 0 Å². The van der Waals surface area contributed by atoms with Gasteiger partial charge in [0, 0.05) is 12.6 Å². The maximum absolute atomic E-state index is 12.0. The van der Waals surface area contributed by atoms with E-state index in [-0.39, 0.29) is 18.0 Å². The normalized spacial score (nSPS) is 11.3. The molecular formula is C11H17NO5S. The Bertz CT molecular complexity index is 512. The van der Waals surface area contributed by atoms with Crippen LogP contribution >= 0.6 is 0 Å². The van der Waals surface area contributed by atoms with E-state index in [9.17, 15) is 8.42 Å². The van der Waals surface area contributed by atoms with E-state index in [2.05, 4.69) is 4.72 Å². The van der Waals surface area contributed by atoms with Crippen molar-refractivity contribution in [3.8, 4) is 11.5 Å². The van der Waals surface area contributed by atoms with Gasteiger partial charge in [0.15, 0.2) is 11.5 Å². The lowest BCUT2D eigenvalue weighted by atomic mass is 10.2. The van der Waals surface area contributed by atoms with Gasteiger partial charge in [-0.2, -0.15) is 0 Å². The van der Waals surface area contributed by atoms with Crippen LogP contribution in [0.1, 0.15) is 5.56 Å². The molecule has 0 spiro atoms. The smallest absolute Gasteiger partial charge is 0.241 e. The van der Waals surface area contributed by atoms with Crippen LogP contribution in [0.5, 0.6) is 11.5 Å². The monoisotopic (exact) mass is 275 g/mol. The largest absolute Gasteiger partial charge is 0.493 e. The van der Waals surface area contributed by atoms with Gasteiger partial charge in [-0.25, -0.2) is 13.1 Å². The summed E-state index contributed by atoms with van der Waals surface area (Å²) in [6.07, 6.45) is 0. The van der Waals surface area contributed by atoms with E-state index in [4.69, 9.17) is 14.6 Å². The fourth-order valence-corrected chi connectivity index (χ4v) is 2.77. The van der Waals surface area contributed by atoms with Crippen LogP contribution in [0.25, 0.3) is 0 Å². The minimum Gasteiger partial charge on any atom is -0.493 e. The molecule has 0 heterocycles. The van der Waals surface area contributed by atoms with Crippen molar-refractivity contribution < 1.29 is 23.0 Å². The lowest BCUT2D eigenvalue weighted by molar-refractivity contribution is 0.301. The molecule has 1 rings (SSSR count). The van der Waals surface area contributed by atoms with Crippen molar-refractivity contribution in [1.82, 2.24) is 4.72 Å². The van der Waals surface area contributed by atoms with Gasteiger partial charge in [0.2, 0.25) is 10.0 Å². The average molecular weight is 275 g/mol. The second kappa shape index (κ2) is 6.03. The molecule has 0 atom stereocenters. The Kier molecular flexibility index (Phi) is 4.94. The number of aliphatic hydroxyl groups is 1. The number of hydrogen-bond donors (Lipinski definition) is 2. The van der Waals surface area contributed by atoms with Crippen LogP contribution in [0.15, 0.2) is 17.0 Å². The predicted octanol–water partition coefficient (Wildman–Crippen LogP) is 0.283. The lowest BCUT2D eigenvalue weighted by Gasteiger charge is -2.13. The third-order valence-electron chi connectivity index (χ3n) is 2.37. The third kappa shape index (κ3) is 3.12. The summed E-state index contributed by atoms with van der Waals surface area (Å²) < 4.78 is 36.4. The molecule has 0 amide bonds. The van der Waals surface area contributed by atoms with Crippen molar-refractivity contribution in [2.24, 2.45) is 0 Å². The highest BCUT2D eigenvalue weighted by atomic mass is 32.2. The minimum absolute atomic E-state index is 0.0316. The van der Waals surface area contributed by atoms with Crippen molar-refractivity contribution in [3.63, 3.8) is 0 Å². The van der Waals surface area contributed by atoms with E-state index in [1.165, 1.54) is 20.3 Å². The van der Waals surface area contributed by atoms with Crippen molar-refractivity contribution >= 4 is 10.0 Å². The number of methoxy groups -OCH3 is 2. The molecule has 0 radical (unpaired) electrons. The Morgan fingerprint density at radius 1 is 1.22 bits per heavy atom. The molecule has 0 aliphatic heterocycles. The Hall–Kier alpha value is -1.31. The predicted molar refractivity (Wildman–Crippen MR) is 66.6 cm³/mol. The standard InChI is InChI=1S/C11H17NO5S/c1-8-6-9(16-2)10(17-3)7-11(8)18(14,15)12-4-5-13/h6-7,12-13H,4-5H2,1-3H3. The molecule has 7 heteroatoms. The molecule has 18 heavy (non-hydrogen) atoms. The number of rotatable bonds is 6. The zero-order valence-corrected chi connectivity index (χ0v) is 11.4. The molecule has 0 fully saturated rings. The first-order valence-corrected chi connectivity index (χ1v) is 6.77. The molecule has 0 saturated carbocycles. The molecule has 0 aliphatic carbocycles. The fourth-order valence-electron chi connectivity index (χ4n) is 1.51. The van der Waals surface area contributed by atoms with Crippen LogP contribution in [0.2, 0.25) is 0 Å². The maximum atomic E-state index is 12.0. The zero-order chi connectivity index (χ0) is 13.8. The van der Waals surface area contributed by atoms with Crippen LogP contribution in [0, 0.1) is 6.92 Å². The molecule has 1 aromatic carbocycles. The number of ether oxygens (including phenoxy) is 2. The summed E-state index contributed by atoms with van der Waals surface area (Å²) in [4.78, 5) is 0.105. The number of aliphatic hydroxyl groups excluding tert-OH is 1. The summed E-state index contributed by atoms with van der Waals surface area (Å²) in [6, 6.07) is 2.99. The summed E-state index contributed by atoms with van der Waals surface area (Å²) in [7, 11) is -0.739. The van der Waals surface area contributed by atoms with Gasteiger partial charge in [-0.15, -0.1) is 0 Å². The summed E-state index contributed by atoms with van der Waals surface area (Å²) in [5, 5.41) is 8.66. The van der Waals surface area contributed by atoms with Gasteiger partial charge >= 0.3 is 0 Å². The molecule has 6 nitrogen and oxygen atoms in total. The van der Waals surface area contributed by atoms with Gasteiger partial charge < -0.3 is 14.6 Å². The summed E-state index contributed by atoms with van der Waals surface area (Å²) >= 11 is 0. The number of aryl methyl sites for hydroxylation is 1. The Morgan fingerprint density at radius 2 is 1.78 bits per heavy atom. The Labute approximate surface area is 107 Å². The number of sulfonamides is 1. The Morgan fingerprint density at radius 3 is 2.28 bits per heavy atom. The minimum atomic E-state index is -3.66. The van der Waals surface area contributed by atoms with Crippen LogP contribution in [0.3, 0.4) is 0 Å². The number of hydrogen-bond acceptors (Lipinski definition) is 5. The van der Waals surface area contributed by atoms with Gasteiger partial charge in [-0.05, 0) is 18.6 Å². The van der Waals surface area contributed by atoms with Crippen molar-refractivity contribution in [3.05, 3.63) is 17.7 Å². The molecular weight excluding hydrogens is 258 g/mol. The van der Waals surface area contributed by atoms with E-state index in [0.717, 1.165) is 0 Å². The first-order chi connectivity index (χ1) is 8.46. The fraction of sp³-hybridized carbons (Fsp3) is 0.455. The van der Waals surface area contributed by atoms with E-state index < -0.39 is 10.0 Å². The van der Waals surface area contributed by atoms with E-state index in [0.29, 0.717) is 17.1 Å². The van der Waals surface area contributed by atoms with E-state index in [1.54, 1.807) is 13.0 Å². The first kappa shape index (κ1) is 14.7. The second-order valence-corrected chi connectivity index (χ2v) is 5.33. The van der Waals surface area contributed by atoms with Crippen LogP contribution in [-0.2, 0) is 10.0 Å². The topological polar surface area (TPSA) is 84.9 Å². The van der Waals surface area contributed by atoms with E-state index in [1.807, 2.05) is 0 Å². The van der Waals surface area contributed by atoms with Gasteiger partial charge in [0.25, 0.3) is 0 Å². The van der Waals surface area contributed by atoms with Gasteiger partial charge in [-0.1, -0.05) is 0 Å². The van der Waals surface area contributed by atoms with Gasteiger partial charge in [0.05, 0.1) is 25.7 Å². The summed E-state index contributed by atoms with van der Waals surface area (Å²) in [5.41, 5.74) is 0.540. The average Bonchev–Trinajstić information content (AvgIpc) is 2.35. The van der Waals surface area contributed by atoms with Gasteiger partial charge in [-0.3, -0.25) is 0 Å². The molecule has 0 aliphatic rings. The highest BCUT2D eigenvalue weighted by Crippen LogP contribution is 2.32. The second-order valence-electron chi connectivity index (χ2n) is 3.59. The van der Waals surface area contributed by atoms with Crippen molar-refractivity contribution in [2.45, 2.75) is 11.8 Å². The van der Waals surface area contributed by atoms with Crippen LogP contribution < -0.4 is 14.2 Å². The highest BCUT2D eigenvalue weighted by Gasteiger charge is 2.19. The number of nitrogens with one attached hydrogen (secondary N) is 1. The van der Waals surface area contributed by atoms with Crippen molar-refractivity contribution in [2.75, 3.05) is 27.4 Å². The maximum Gasteiger partial charge on any atom is 0.241 e. The van der Waals surface area contributed by atoms with Gasteiger partial charge in [0.1, 0.15) is 0 Å². The number of benzene rings is 1. The molecule has 1 aromatic rings. The molecule has 0 unspecified atom stereocenters. The molecule has 2 N–H and O–H groups in total.